The largest absolute Gasteiger partial charge is 0.503 e. The molecule has 3 rings (SSSR count). The fourth-order valence-corrected chi connectivity index (χ4v) is 2.93. The monoisotopic (exact) mass is 494 g/mol. The van der Waals surface area contributed by atoms with Gasteiger partial charge in [-0.2, -0.15) is 0 Å². The lowest BCUT2D eigenvalue weighted by Crippen LogP contribution is -2.21. The third-order valence-corrected chi connectivity index (χ3v) is 4.31. The normalized spacial score (nSPS) is 12.9. The lowest BCUT2D eigenvalue weighted by Gasteiger charge is -2.05. The first-order valence-electron chi connectivity index (χ1n) is 9.74. The van der Waals surface area contributed by atoms with Crippen LogP contribution in [0.3, 0.4) is 0 Å². The Bertz CT molecular complexity index is 865. The zero-order valence-corrected chi connectivity index (χ0v) is 21.0. The second-order valence-corrected chi connectivity index (χ2v) is 6.94. The fourth-order valence-electron chi connectivity index (χ4n) is 2.17. The van der Waals surface area contributed by atoms with Crippen molar-refractivity contribution in [2.75, 3.05) is 7.11 Å². The van der Waals surface area contributed by atoms with Gasteiger partial charge in [0.15, 0.2) is 16.6 Å². The van der Waals surface area contributed by atoms with Crippen molar-refractivity contribution in [2.45, 2.75) is 41.5 Å². The summed E-state index contributed by atoms with van der Waals surface area (Å²) in [6, 6.07) is 11.5. The maximum Gasteiger partial charge on any atom is 0.273 e. The number of hydrogen-bond donors (Lipinski definition) is 3. The molecule has 2 aromatic carbocycles. The summed E-state index contributed by atoms with van der Waals surface area (Å²) in [7, 11) is 1.53. The summed E-state index contributed by atoms with van der Waals surface area (Å²) < 4.78 is 5.59. The number of hydrogen-bond acceptors (Lipinski definition) is 4. The number of ether oxygens (including phenoxy) is 1. The molecule has 1 saturated heterocycles. The number of carbonyl (C=O) groups excluding carboxylic acids is 1. The van der Waals surface area contributed by atoms with Crippen LogP contribution < -0.4 is 15.4 Å². The van der Waals surface area contributed by atoms with Crippen LogP contribution >= 0.6 is 28.1 Å². The highest BCUT2D eigenvalue weighted by molar-refractivity contribution is 9.10. The van der Waals surface area contributed by atoms with Gasteiger partial charge >= 0.3 is 0 Å². The van der Waals surface area contributed by atoms with E-state index in [4.69, 9.17) is 17.0 Å². The van der Waals surface area contributed by atoms with Crippen LogP contribution in [0.25, 0.3) is 6.08 Å². The van der Waals surface area contributed by atoms with Gasteiger partial charge in [-0.1, -0.05) is 57.5 Å². The predicted octanol–water partition coefficient (Wildman–Crippen LogP) is 5.86. The van der Waals surface area contributed by atoms with Crippen molar-refractivity contribution in [3.8, 4) is 11.5 Å². The van der Waals surface area contributed by atoms with Gasteiger partial charge in [-0.05, 0) is 71.3 Å². The first kappa shape index (κ1) is 27.6. The molecule has 7 heteroatoms. The van der Waals surface area contributed by atoms with E-state index in [1.165, 1.54) is 12.7 Å². The topological polar surface area (TPSA) is 70.6 Å². The summed E-state index contributed by atoms with van der Waals surface area (Å²) in [6.07, 6.45) is 1.77. The van der Waals surface area contributed by atoms with Crippen molar-refractivity contribution in [3.05, 3.63) is 63.3 Å². The van der Waals surface area contributed by atoms with E-state index in [0.29, 0.717) is 21.0 Å². The molecule has 0 radical (unpaired) electrons. The van der Waals surface area contributed by atoms with Gasteiger partial charge in [0.25, 0.3) is 5.91 Å². The standard InChI is InChI=1S/C11H10N2OS.C8H9BrO2.2C2H6/c1-7-2-4-8(5-3-7)6-9-10(14)13-11(15)12-9;1-5-3-6(9)8(10)7(4-5)11-2;2*1-2/h2-6H,1H3,(H2,12,13,14,15);3-4,10H,1-2H3;2*1-2H3/b9-6+;;;. The molecule has 30 heavy (non-hydrogen) atoms. The number of aryl methyl sites for hydroxylation is 2. The van der Waals surface area contributed by atoms with Crippen LogP contribution in [0.1, 0.15) is 44.4 Å². The molecule has 1 aliphatic rings. The first-order chi connectivity index (χ1) is 14.3. The predicted molar refractivity (Wildman–Crippen MR) is 133 cm³/mol. The average Bonchev–Trinajstić information content (AvgIpc) is 3.06. The number of aromatic hydroxyl groups is 1. The maximum absolute atomic E-state index is 11.3. The molecule has 0 atom stereocenters. The van der Waals surface area contributed by atoms with E-state index >= 15 is 0 Å². The van der Waals surface area contributed by atoms with Crippen molar-refractivity contribution < 1.29 is 14.6 Å². The molecule has 1 amide bonds. The Morgan fingerprint density at radius 2 is 1.57 bits per heavy atom. The smallest absolute Gasteiger partial charge is 0.273 e. The van der Waals surface area contributed by atoms with Crippen LogP contribution in [-0.4, -0.2) is 23.2 Å². The van der Waals surface area contributed by atoms with E-state index in [2.05, 4.69) is 26.6 Å². The minimum Gasteiger partial charge on any atom is -0.503 e. The minimum absolute atomic E-state index is 0.151. The third kappa shape index (κ3) is 8.97. The number of nitrogens with one attached hydrogen (secondary N) is 2. The molecule has 0 saturated carbocycles. The second-order valence-electron chi connectivity index (χ2n) is 5.67. The van der Waals surface area contributed by atoms with Crippen LogP contribution in [0.4, 0.5) is 0 Å². The summed E-state index contributed by atoms with van der Waals surface area (Å²) in [5, 5.41) is 15.0. The number of amides is 1. The van der Waals surface area contributed by atoms with E-state index in [9.17, 15) is 9.90 Å². The quantitative estimate of drug-likeness (QED) is 0.360. The van der Waals surface area contributed by atoms with E-state index in [0.717, 1.165) is 11.1 Å². The molecule has 3 N–H and O–H groups in total. The van der Waals surface area contributed by atoms with E-state index in [1.807, 2.05) is 71.9 Å². The fraction of sp³-hybridized carbons (Fsp3) is 0.304. The second kappa shape index (κ2) is 14.6. The molecule has 0 aromatic heterocycles. The van der Waals surface area contributed by atoms with Gasteiger partial charge in [0.05, 0.1) is 11.6 Å². The van der Waals surface area contributed by atoms with Gasteiger partial charge < -0.3 is 15.2 Å². The number of benzene rings is 2. The maximum atomic E-state index is 11.3. The van der Waals surface area contributed by atoms with Crippen molar-refractivity contribution in [1.29, 1.82) is 0 Å². The van der Waals surface area contributed by atoms with Gasteiger partial charge in [0, 0.05) is 0 Å². The number of carbonyl (C=O) groups is 1. The van der Waals surface area contributed by atoms with Crippen molar-refractivity contribution >= 4 is 45.2 Å². The number of phenols is 1. The van der Waals surface area contributed by atoms with E-state index in [1.54, 1.807) is 12.1 Å². The molecule has 0 spiro atoms. The van der Waals surface area contributed by atoms with Crippen LogP contribution in [-0.2, 0) is 4.79 Å². The Hall–Kier alpha value is -2.38. The van der Waals surface area contributed by atoms with Crippen LogP contribution in [0, 0.1) is 13.8 Å². The zero-order chi connectivity index (χ0) is 23.3. The molecule has 1 fully saturated rings. The highest BCUT2D eigenvalue weighted by atomic mass is 79.9. The van der Waals surface area contributed by atoms with Crippen molar-refractivity contribution in [1.82, 2.24) is 10.6 Å². The van der Waals surface area contributed by atoms with Gasteiger partial charge in [-0.3, -0.25) is 10.1 Å². The van der Waals surface area contributed by atoms with Crippen molar-refractivity contribution in [2.24, 2.45) is 0 Å². The molecule has 0 aliphatic carbocycles. The highest BCUT2D eigenvalue weighted by Crippen LogP contribution is 2.34. The Kier molecular flexibility index (Phi) is 13.4. The Morgan fingerprint density at radius 3 is 2.03 bits per heavy atom. The molecular formula is C23H31BrN2O3S. The van der Waals surface area contributed by atoms with E-state index in [-0.39, 0.29) is 11.7 Å². The highest BCUT2D eigenvalue weighted by Gasteiger charge is 2.19. The summed E-state index contributed by atoms with van der Waals surface area (Å²) in [4.78, 5) is 11.3. The molecule has 5 nitrogen and oxygen atoms in total. The van der Waals surface area contributed by atoms with Crippen LogP contribution in [0.15, 0.2) is 46.6 Å². The SMILES string of the molecule is CC.CC.COc1cc(C)cc(Br)c1O.Cc1ccc(/C=C2/NC(=S)NC2=O)cc1. The first-order valence-corrected chi connectivity index (χ1v) is 10.9. The number of thiocarbonyl (C=S) groups is 1. The van der Waals surface area contributed by atoms with Crippen LogP contribution in [0.5, 0.6) is 11.5 Å². The number of methoxy groups -OCH3 is 1. The molecule has 0 unspecified atom stereocenters. The Balaban J connectivity index is 0.000000498. The minimum atomic E-state index is -0.180. The van der Waals surface area contributed by atoms with Gasteiger partial charge in [-0.15, -0.1) is 0 Å². The number of halogens is 1. The summed E-state index contributed by atoms with van der Waals surface area (Å²) in [6.45, 7) is 12.0. The van der Waals surface area contributed by atoms with E-state index < -0.39 is 0 Å². The van der Waals surface area contributed by atoms with Gasteiger partial charge in [0.2, 0.25) is 0 Å². The molecule has 1 heterocycles. The summed E-state index contributed by atoms with van der Waals surface area (Å²) in [5.41, 5.74) is 3.70. The number of phenolic OH excluding ortho intramolecular Hbond substituents is 1. The van der Waals surface area contributed by atoms with Crippen LogP contribution in [0.2, 0.25) is 0 Å². The Labute approximate surface area is 193 Å². The Morgan fingerprint density at radius 1 is 1.00 bits per heavy atom. The summed E-state index contributed by atoms with van der Waals surface area (Å²) in [5.74, 6) is 0.468. The lowest BCUT2D eigenvalue weighted by atomic mass is 10.1. The number of rotatable bonds is 2. The molecular weight excluding hydrogens is 464 g/mol. The molecule has 2 aromatic rings. The zero-order valence-electron chi connectivity index (χ0n) is 18.6. The molecule has 0 bridgehead atoms. The molecule has 1 aliphatic heterocycles. The summed E-state index contributed by atoms with van der Waals surface area (Å²) >= 11 is 8.03. The molecule has 164 valence electrons. The average molecular weight is 495 g/mol. The lowest BCUT2D eigenvalue weighted by molar-refractivity contribution is -0.115. The van der Waals surface area contributed by atoms with Gasteiger partial charge in [-0.25, -0.2) is 0 Å². The third-order valence-electron chi connectivity index (χ3n) is 3.50. The van der Waals surface area contributed by atoms with Gasteiger partial charge in [0.1, 0.15) is 5.70 Å². The van der Waals surface area contributed by atoms with Crippen molar-refractivity contribution in [3.63, 3.8) is 0 Å².